The van der Waals surface area contributed by atoms with Crippen LogP contribution < -0.4 is 4.57 Å². The van der Waals surface area contributed by atoms with Gasteiger partial charge in [0, 0.05) is 56.7 Å². The molecule has 0 amide bonds. The number of benzene rings is 3. The van der Waals surface area contributed by atoms with E-state index in [1.54, 1.807) is 23.7 Å². The first-order chi connectivity index (χ1) is 23.6. The molecule has 3 aromatic carbocycles. The van der Waals surface area contributed by atoms with Crippen molar-refractivity contribution in [3.8, 4) is 22.4 Å². The number of aryl methyl sites for hydroxylation is 3. The Morgan fingerprint density at radius 1 is 0.829 bits per heavy atom. The maximum atomic E-state index is 9.60. The lowest BCUT2D eigenvalue weighted by Gasteiger charge is -2.40. The quantitative estimate of drug-likeness (QED) is 0.239. The number of rotatable bonds is 3. The zero-order valence-corrected chi connectivity index (χ0v) is 19.2. The molecule has 2 aromatic heterocycles. The second-order valence-electron chi connectivity index (χ2n) is 9.06. The van der Waals surface area contributed by atoms with Crippen molar-refractivity contribution in [1.29, 1.82) is 0 Å². The number of furan rings is 1. The fraction of sp³-hybridized carbons (Fsp3) is 0.303. The predicted molar refractivity (Wildman–Crippen MR) is 146 cm³/mol. The number of hydrogen-bond acceptors (Lipinski definition) is 1. The molecule has 0 saturated carbocycles. The van der Waals surface area contributed by atoms with E-state index in [2.05, 4.69) is 0 Å². The summed E-state index contributed by atoms with van der Waals surface area (Å²) < 4.78 is 154. The van der Waals surface area contributed by atoms with E-state index in [9.17, 15) is 2.74 Å². The Labute approximate surface area is 232 Å². The van der Waals surface area contributed by atoms with Gasteiger partial charge in [0.1, 0.15) is 18.2 Å². The highest BCUT2D eigenvalue weighted by Crippen LogP contribution is 2.58. The lowest BCUT2D eigenvalue weighted by molar-refractivity contribution is -0.660. The van der Waals surface area contributed by atoms with Crippen LogP contribution in [0.3, 0.4) is 0 Å². The van der Waals surface area contributed by atoms with E-state index >= 15 is 0 Å². The minimum atomic E-state index is -3.92. The van der Waals surface area contributed by atoms with E-state index in [1.807, 2.05) is 13.0 Å². The van der Waals surface area contributed by atoms with E-state index in [0.29, 0.717) is 27.6 Å². The molecule has 2 nitrogen and oxygen atoms in total. The van der Waals surface area contributed by atoms with Crippen LogP contribution in [0.1, 0.15) is 73.0 Å². The van der Waals surface area contributed by atoms with Crippen molar-refractivity contribution >= 4 is 21.9 Å². The smallest absolute Gasteiger partial charge is 0.216 e. The minimum Gasteiger partial charge on any atom is -0.454 e. The van der Waals surface area contributed by atoms with Gasteiger partial charge in [-0.1, -0.05) is 75.9 Å². The predicted octanol–water partition coefficient (Wildman–Crippen LogP) is 8.27. The molecule has 35 heavy (non-hydrogen) atoms. The Balaban J connectivity index is 1.86. The lowest BCUT2D eigenvalue weighted by Crippen LogP contribution is -2.37. The largest absolute Gasteiger partial charge is 0.454 e. The highest BCUT2D eigenvalue weighted by atomic mass is 16.3. The molecule has 0 radical (unpaired) electrons. The summed E-state index contributed by atoms with van der Waals surface area (Å²) in [6.07, 6.45) is 1.47. The highest BCUT2D eigenvalue weighted by molar-refractivity contribution is 6.14. The summed E-state index contributed by atoms with van der Waals surface area (Å²) in [5.41, 5.74) is -2.01. The summed E-state index contributed by atoms with van der Waals surface area (Å²) in [4.78, 5) is 0. The van der Waals surface area contributed by atoms with Gasteiger partial charge in [0.15, 0.2) is 6.20 Å². The number of fused-ring (bicyclic) bond motifs is 7. The van der Waals surface area contributed by atoms with Crippen molar-refractivity contribution in [2.24, 2.45) is 18.8 Å². The average molecular weight is 478 g/mol. The Hall–Kier alpha value is -3.39. The summed E-state index contributed by atoms with van der Waals surface area (Å²) in [7, 11) is 1.67. The molecule has 1 aliphatic rings. The van der Waals surface area contributed by atoms with Crippen molar-refractivity contribution in [3.63, 3.8) is 0 Å². The van der Waals surface area contributed by atoms with Gasteiger partial charge in [0.05, 0.1) is 5.56 Å². The first-order valence-electron chi connectivity index (χ1n) is 19.7. The van der Waals surface area contributed by atoms with E-state index in [1.165, 1.54) is 48.7 Å². The molecule has 0 saturated heterocycles. The molecule has 176 valence electrons. The molecule has 6 rings (SSSR count). The van der Waals surface area contributed by atoms with Gasteiger partial charge in [-0.2, -0.15) is 0 Å². The topological polar surface area (TPSA) is 17.0 Å². The van der Waals surface area contributed by atoms with Crippen LogP contribution in [-0.2, 0) is 12.5 Å². The summed E-state index contributed by atoms with van der Waals surface area (Å²) in [5, 5.41) is 0.944. The minimum absolute atomic E-state index is 0.0169. The summed E-state index contributed by atoms with van der Waals surface area (Å²) in [5.74, 6) is -7.84. The third kappa shape index (κ3) is 2.80. The van der Waals surface area contributed by atoms with Crippen molar-refractivity contribution in [2.75, 3.05) is 0 Å². The van der Waals surface area contributed by atoms with Gasteiger partial charge in [-0.3, -0.25) is 0 Å². The molecular weight excluding hydrogens is 426 g/mol. The van der Waals surface area contributed by atoms with Crippen LogP contribution in [-0.4, -0.2) is 0 Å². The van der Waals surface area contributed by atoms with Gasteiger partial charge in [0.2, 0.25) is 5.69 Å². The zero-order chi connectivity index (χ0) is 39.0. The molecule has 0 unspecified atom stereocenters. The van der Waals surface area contributed by atoms with Crippen LogP contribution >= 0.6 is 0 Å². The first-order valence-corrected chi connectivity index (χ1v) is 11.2. The van der Waals surface area contributed by atoms with Crippen molar-refractivity contribution < 1.29 is 32.3 Å². The lowest BCUT2D eigenvalue weighted by atomic mass is 9.63. The second-order valence-corrected chi connectivity index (χ2v) is 9.06. The molecule has 1 aliphatic carbocycles. The normalized spacial score (nSPS) is 23.9. The molecule has 0 bridgehead atoms. The van der Waals surface area contributed by atoms with Crippen LogP contribution in [0.25, 0.3) is 44.3 Å². The molecule has 2 heterocycles. The molecule has 0 spiro atoms. The van der Waals surface area contributed by atoms with E-state index in [0.717, 1.165) is 5.56 Å². The Morgan fingerprint density at radius 2 is 1.54 bits per heavy atom. The fourth-order valence-electron chi connectivity index (χ4n) is 5.60. The van der Waals surface area contributed by atoms with Gasteiger partial charge >= 0.3 is 0 Å². The van der Waals surface area contributed by atoms with Gasteiger partial charge in [-0.15, -0.1) is 0 Å². The summed E-state index contributed by atoms with van der Waals surface area (Å²) in [6, 6.07) is 14.8. The van der Waals surface area contributed by atoms with Crippen molar-refractivity contribution in [1.82, 2.24) is 0 Å². The summed E-state index contributed by atoms with van der Waals surface area (Å²) >= 11 is 0. The first kappa shape index (κ1) is 10.3. The molecular formula is C33H34NO+. The third-order valence-electron chi connectivity index (χ3n) is 7.16. The maximum Gasteiger partial charge on any atom is 0.216 e. The Morgan fingerprint density at radius 3 is 2.26 bits per heavy atom. The van der Waals surface area contributed by atoms with Gasteiger partial charge in [-0.25, -0.2) is 4.57 Å². The van der Waals surface area contributed by atoms with E-state index in [4.69, 9.17) is 25.0 Å². The molecule has 0 N–H and O–H groups in total. The average Bonchev–Trinajstić information content (AvgIpc) is 3.52. The van der Waals surface area contributed by atoms with Crippen molar-refractivity contribution in [3.05, 3.63) is 89.1 Å². The fourth-order valence-corrected chi connectivity index (χ4v) is 5.60. The standard InChI is InChI=1S/C33H34NO/c1-19(2)33(20(3)4)26-11-9-8-10-25(26)30-27(33)16-15-24-23-14-13-22(6)29(31(23)35-32(24)30)28-17-12-21(5)18-34(28)7/h8-20H,1-7H3/q+1/i1D3,2D3,3D3,4D3,5D3,19D,20D. The van der Waals surface area contributed by atoms with Crippen LogP contribution in [0, 0.1) is 25.6 Å². The zero-order valence-electron chi connectivity index (χ0n) is 36.2. The number of pyridine rings is 1. The number of hydrogen-bond donors (Lipinski definition) is 0. The van der Waals surface area contributed by atoms with Crippen LogP contribution in [0.4, 0.5) is 0 Å². The SMILES string of the molecule is [2H]C([2H])([2H])c1ccc(-c2c(C)ccc3c2oc2c4c(ccc23)C(C([2H])(C([2H])([2H])[2H])C([2H])([2H])[2H])(C([2H])(C([2H])([2H])[2H])C([2H])([2H])[2H])c2ccccc2-4)[n+](C)c1. The molecule has 2 heteroatoms. The van der Waals surface area contributed by atoms with Gasteiger partial charge < -0.3 is 4.42 Å². The summed E-state index contributed by atoms with van der Waals surface area (Å²) in [6.45, 7) is -16.1. The van der Waals surface area contributed by atoms with E-state index in [-0.39, 0.29) is 22.3 Å². The molecule has 0 aliphatic heterocycles. The van der Waals surface area contributed by atoms with Gasteiger partial charge in [-0.05, 0) is 53.9 Å². The van der Waals surface area contributed by atoms with E-state index < -0.39 is 62.6 Å². The van der Waals surface area contributed by atoms with Gasteiger partial charge in [0.25, 0.3) is 0 Å². The molecule has 0 fully saturated rings. The molecule has 5 aromatic rings. The van der Waals surface area contributed by atoms with Crippen LogP contribution in [0.2, 0.25) is 0 Å². The van der Waals surface area contributed by atoms with Crippen LogP contribution in [0.15, 0.2) is 71.3 Å². The Kier molecular flexibility index (Phi) is 2.22. The Bertz CT molecular complexity index is 2180. The van der Waals surface area contributed by atoms with Crippen molar-refractivity contribution in [2.45, 2.75) is 46.6 Å². The highest BCUT2D eigenvalue weighted by Gasteiger charge is 2.48. The van der Waals surface area contributed by atoms with Crippen LogP contribution in [0.5, 0.6) is 0 Å². The monoisotopic (exact) mass is 477 g/mol. The second kappa shape index (κ2) is 7.55. The third-order valence-corrected chi connectivity index (χ3v) is 7.16. The number of nitrogens with zero attached hydrogens (tertiary/aromatic N) is 1. The number of aromatic nitrogens is 1. The maximum absolute atomic E-state index is 9.60. The molecule has 0 atom stereocenters.